The third-order valence-corrected chi connectivity index (χ3v) is 4.94. The minimum atomic E-state index is -4.12. The van der Waals surface area contributed by atoms with E-state index in [-0.39, 0.29) is 11.5 Å². The molecule has 0 amide bonds. The largest absolute Gasteiger partial charge is 0.401 e. The van der Waals surface area contributed by atoms with Gasteiger partial charge < -0.3 is 5.32 Å². The molecular formula is C16H17BrF3N. The number of hydrogen-bond acceptors (Lipinski definition) is 1. The zero-order valence-corrected chi connectivity index (χ0v) is 13.1. The fraction of sp³-hybridized carbons (Fsp3) is 0.500. The molecule has 1 saturated carbocycles. The summed E-state index contributed by atoms with van der Waals surface area (Å²) in [5.74, 6) is 0. The lowest BCUT2D eigenvalue weighted by Crippen LogP contribution is -2.40. The molecule has 0 heterocycles. The molecule has 2 aliphatic rings. The SMILES string of the molecule is FC(F)(F)CNC1CCC2(C=c3ccc(Br)cc3=C2)CC1. The van der Waals surface area contributed by atoms with E-state index in [1.54, 1.807) is 0 Å². The van der Waals surface area contributed by atoms with Gasteiger partial charge in [-0.25, -0.2) is 0 Å². The molecule has 0 aliphatic heterocycles. The van der Waals surface area contributed by atoms with E-state index in [1.165, 1.54) is 10.4 Å². The number of fused-ring (bicyclic) bond motifs is 1. The molecule has 0 unspecified atom stereocenters. The average molecular weight is 360 g/mol. The van der Waals surface area contributed by atoms with Crippen molar-refractivity contribution in [2.24, 2.45) is 5.41 Å². The summed E-state index contributed by atoms with van der Waals surface area (Å²) >= 11 is 3.48. The quantitative estimate of drug-likeness (QED) is 0.855. The van der Waals surface area contributed by atoms with Gasteiger partial charge in [-0.3, -0.25) is 0 Å². The monoisotopic (exact) mass is 359 g/mol. The van der Waals surface area contributed by atoms with E-state index in [0.717, 1.165) is 30.2 Å². The second-order valence-electron chi connectivity index (χ2n) is 6.07. The van der Waals surface area contributed by atoms with Crippen LogP contribution >= 0.6 is 15.9 Å². The van der Waals surface area contributed by atoms with Crippen LogP contribution in [0.4, 0.5) is 13.2 Å². The molecule has 1 fully saturated rings. The summed E-state index contributed by atoms with van der Waals surface area (Å²) in [5, 5.41) is 5.10. The number of rotatable bonds is 2. The molecular weight excluding hydrogens is 343 g/mol. The average Bonchev–Trinajstić information content (AvgIpc) is 2.74. The summed E-state index contributed by atoms with van der Waals surface area (Å²) in [6.45, 7) is -0.884. The van der Waals surface area contributed by atoms with Crippen LogP contribution in [0.1, 0.15) is 25.7 Å². The van der Waals surface area contributed by atoms with Crippen molar-refractivity contribution in [3.63, 3.8) is 0 Å². The van der Waals surface area contributed by atoms with Crippen LogP contribution in [0.2, 0.25) is 0 Å². The lowest BCUT2D eigenvalue weighted by atomic mass is 9.73. The molecule has 1 nitrogen and oxygen atoms in total. The summed E-state index contributed by atoms with van der Waals surface area (Å²) in [6.07, 6.45) is 3.85. The van der Waals surface area contributed by atoms with Gasteiger partial charge >= 0.3 is 6.18 Å². The van der Waals surface area contributed by atoms with Gasteiger partial charge in [0, 0.05) is 15.9 Å². The Morgan fingerprint density at radius 1 is 1.14 bits per heavy atom. The van der Waals surface area contributed by atoms with E-state index >= 15 is 0 Å². The fourth-order valence-corrected chi connectivity index (χ4v) is 3.75. The molecule has 5 heteroatoms. The second kappa shape index (κ2) is 5.43. The van der Waals surface area contributed by atoms with E-state index in [1.807, 2.05) is 6.07 Å². The van der Waals surface area contributed by atoms with Gasteiger partial charge in [-0.05, 0) is 48.3 Å². The highest BCUT2D eigenvalue weighted by Gasteiger charge is 2.35. The predicted octanol–water partition coefficient (Wildman–Crippen LogP) is 3.10. The number of alkyl halides is 3. The first-order valence-electron chi connectivity index (χ1n) is 7.17. The molecule has 21 heavy (non-hydrogen) atoms. The van der Waals surface area contributed by atoms with Crippen LogP contribution in [0.5, 0.6) is 0 Å². The summed E-state index contributed by atoms with van der Waals surface area (Å²) in [6, 6.07) is 6.21. The topological polar surface area (TPSA) is 12.0 Å². The minimum Gasteiger partial charge on any atom is -0.306 e. The Balaban J connectivity index is 1.67. The van der Waals surface area contributed by atoms with Gasteiger partial charge in [0.2, 0.25) is 0 Å². The standard InChI is InChI=1S/C16H17BrF3N/c17-13-2-1-11-8-15(9-12(11)7-13)5-3-14(4-6-15)21-10-16(18,19)20/h1-2,7-9,14,21H,3-6,10H2. The Kier molecular flexibility index (Phi) is 3.91. The predicted molar refractivity (Wildman–Crippen MR) is 81.1 cm³/mol. The van der Waals surface area contributed by atoms with Gasteiger partial charge in [-0.2, -0.15) is 13.2 Å². The summed E-state index contributed by atoms with van der Waals surface area (Å²) in [5.41, 5.74) is 0.0412. The Morgan fingerprint density at radius 3 is 2.48 bits per heavy atom. The first kappa shape index (κ1) is 15.1. The molecule has 0 aromatic heterocycles. The van der Waals surface area contributed by atoms with Crippen LogP contribution in [0, 0.1) is 5.41 Å². The third-order valence-electron chi connectivity index (χ3n) is 4.44. The molecule has 1 aromatic carbocycles. The molecule has 0 bridgehead atoms. The fourth-order valence-electron chi connectivity index (χ4n) is 3.37. The Morgan fingerprint density at radius 2 is 1.81 bits per heavy atom. The maximum Gasteiger partial charge on any atom is 0.401 e. The first-order valence-corrected chi connectivity index (χ1v) is 7.96. The lowest BCUT2D eigenvalue weighted by Gasteiger charge is -2.35. The van der Waals surface area contributed by atoms with Gasteiger partial charge in [0.05, 0.1) is 6.54 Å². The van der Waals surface area contributed by atoms with E-state index < -0.39 is 12.7 Å². The van der Waals surface area contributed by atoms with E-state index in [4.69, 9.17) is 0 Å². The smallest absolute Gasteiger partial charge is 0.306 e. The van der Waals surface area contributed by atoms with Gasteiger partial charge in [-0.15, -0.1) is 0 Å². The molecule has 1 aromatic rings. The maximum atomic E-state index is 12.2. The normalized spacial score (nSPS) is 28.1. The minimum absolute atomic E-state index is 0.0190. The van der Waals surface area contributed by atoms with Crippen molar-refractivity contribution >= 4 is 28.1 Å². The van der Waals surface area contributed by atoms with Gasteiger partial charge in [0.1, 0.15) is 0 Å². The van der Waals surface area contributed by atoms with Crippen LogP contribution in [-0.4, -0.2) is 18.8 Å². The number of benzene rings is 1. The highest BCUT2D eigenvalue weighted by Crippen LogP contribution is 2.40. The molecule has 0 radical (unpaired) electrons. The highest BCUT2D eigenvalue weighted by atomic mass is 79.9. The summed E-state index contributed by atoms with van der Waals surface area (Å²) in [7, 11) is 0. The van der Waals surface area contributed by atoms with E-state index in [9.17, 15) is 13.2 Å². The van der Waals surface area contributed by atoms with E-state index in [0.29, 0.717) is 0 Å². The van der Waals surface area contributed by atoms with Crippen molar-refractivity contribution in [1.82, 2.24) is 5.32 Å². The van der Waals surface area contributed by atoms with Crippen molar-refractivity contribution < 1.29 is 13.2 Å². The van der Waals surface area contributed by atoms with Crippen LogP contribution in [0.3, 0.4) is 0 Å². The van der Waals surface area contributed by atoms with Crippen molar-refractivity contribution in [2.75, 3.05) is 6.54 Å². The molecule has 2 aliphatic carbocycles. The van der Waals surface area contributed by atoms with Crippen molar-refractivity contribution in [2.45, 2.75) is 37.9 Å². The van der Waals surface area contributed by atoms with Crippen LogP contribution in [0.15, 0.2) is 22.7 Å². The van der Waals surface area contributed by atoms with Crippen molar-refractivity contribution in [3.8, 4) is 0 Å². The number of hydrogen-bond donors (Lipinski definition) is 1. The maximum absolute atomic E-state index is 12.2. The van der Waals surface area contributed by atoms with Crippen molar-refractivity contribution in [3.05, 3.63) is 33.1 Å². The van der Waals surface area contributed by atoms with Crippen LogP contribution in [0.25, 0.3) is 12.2 Å². The number of halogens is 4. The van der Waals surface area contributed by atoms with E-state index in [2.05, 4.69) is 45.5 Å². The Hall–Kier alpha value is -0.810. The Labute approximate surface area is 130 Å². The molecule has 0 saturated heterocycles. The lowest BCUT2D eigenvalue weighted by molar-refractivity contribution is -0.126. The Bertz CT molecular complexity index is 642. The second-order valence-corrected chi connectivity index (χ2v) is 6.98. The van der Waals surface area contributed by atoms with Crippen LogP contribution < -0.4 is 15.8 Å². The first-order chi connectivity index (χ1) is 9.85. The molecule has 1 spiro atoms. The van der Waals surface area contributed by atoms with Gasteiger partial charge in [0.25, 0.3) is 0 Å². The zero-order chi connectivity index (χ0) is 15.1. The zero-order valence-electron chi connectivity index (χ0n) is 11.5. The summed E-state index contributed by atoms with van der Waals surface area (Å²) < 4.78 is 37.8. The van der Waals surface area contributed by atoms with Crippen LogP contribution in [-0.2, 0) is 0 Å². The molecule has 0 atom stereocenters. The van der Waals surface area contributed by atoms with Gasteiger partial charge in [0.15, 0.2) is 0 Å². The van der Waals surface area contributed by atoms with Gasteiger partial charge in [-0.1, -0.05) is 34.1 Å². The highest BCUT2D eigenvalue weighted by molar-refractivity contribution is 9.10. The molecule has 1 N–H and O–H groups in total. The molecule has 114 valence electrons. The third kappa shape index (κ3) is 3.51. The molecule has 3 rings (SSSR count). The summed E-state index contributed by atoms with van der Waals surface area (Å²) in [4.78, 5) is 0. The van der Waals surface area contributed by atoms with Crippen molar-refractivity contribution in [1.29, 1.82) is 0 Å². The number of nitrogens with one attached hydrogen (secondary N) is 1.